The van der Waals surface area contributed by atoms with E-state index in [9.17, 15) is 0 Å². The third-order valence-corrected chi connectivity index (χ3v) is 10.4. The average Bonchev–Trinajstić information content (AvgIpc) is 3.73. The topological polar surface area (TPSA) is 56.7 Å². The Morgan fingerprint density at radius 2 is 1.02 bits per heavy atom. The minimum atomic E-state index is 0.578. The quantitative estimate of drug-likeness (QED) is 0.180. The molecular formula is C49H36N4O. The maximum Gasteiger partial charge on any atom is 0.238 e. The Hall–Kier alpha value is -6.85. The molecule has 10 aromatic rings. The molecule has 0 fully saturated rings. The van der Waals surface area contributed by atoms with E-state index in [2.05, 4.69) is 172 Å². The van der Waals surface area contributed by atoms with Crippen LogP contribution in [0.3, 0.4) is 0 Å². The third kappa shape index (κ3) is 5.28. The molecule has 0 atom stereocenters. The van der Waals surface area contributed by atoms with Gasteiger partial charge in [0.05, 0.1) is 11.0 Å². The van der Waals surface area contributed by atoms with Crippen LogP contribution < -0.4 is 0 Å². The molecule has 5 nitrogen and oxygen atoms in total. The van der Waals surface area contributed by atoms with Crippen molar-refractivity contribution in [1.29, 1.82) is 0 Å². The van der Waals surface area contributed by atoms with Crippen molar-refractivity contribution in [2.45, 2.75) is 27.7 Å². The van der Waals surface area contributed by atoms with Gasteiger partial charge in [-0.1, -0.05) is 125 Å². The molecule has 5 heteroatoms. The summed E-state index contributed by atoms with van der Waals surface area (Å²) in [6.07, 6.45) is 0. The van der Waals surface area contributed by atoms with Gasteiger partial charge in [0.1, 0.15) is 11.2 Å². The van der Waals surface area contributed by atoms with Gasteiger partial charge in [-0.05, 0) is 81.3 Å². The summed E-state index contributed by atoms with van der Waals surface area (Å²) in [4.78, 5) is 15.7. The number of benzene rings is 7. The van der Waals surface area contributed by atoms with Crippen molar-refractivity contribution >= 4 is 43.7 Å². The maximum atomic E-state index is 6.57. The van der Waals surface area contributed by atoms with E-state index in [-0.39, 0.29) is 0 Å². The van der Waals surface area contributed by atoms with Crippen LogP contribution in [-0.2, 0) is 0 Å². The number of aryl methyl sites for hydroxylation is 4. The Labute approximate surface area is 313 Å². The van der Waals surface area contributed by atoms with Crippen LogP contribution in [0.5, 0.6) is 0 Å². The van der Waals surface area contributed by atoms with E-state index in [4.69, 9.17) is 19.4 Å². The highest BCUT2D eigenvalue weighted by molar-refractivity contribution is 6.15. The molecule has 54 heavy (non-hydrogen) atoms. The van der Waals surface area contributed by atoms with Crippen LogP contribution in [0.4, 0.5) is 0 Å². The lowest BCUT2D eigenvalue weighted by Crippen LogP contribution is -2.07. The van der Waals surface area contributed by atoms with Crippen LogP contribution in [0.25, 0.3) is 94.7 Å². The Balaban J connectivity index is 1.25. The zero-order chi connectivity index (χ0) is 36.5. The molecule has 3 aromatic heterocycles. The lowest BCUT2D eigenvalue weighted by molar-refractivity contribution is 0.670. The van der Waals surface area contributed by atoms with E-state index in [1.54, 1.807) is 0 Å². The molecule has 3 heterocycles. The number of hydrogen-bond donors (Lipinski definition) is 0. The second kappa shape index (κ2) is 12.4. The minimum Gasteiger partial charge on any atom is -0.455 e. The van der Waals surface area contributed by atoms with Crippen LogP contribution >= 0.6 is 0 Å². The first kappa shape index (κ1) is 31.9. The summed E-state index contributed by atoms with van der Waals surface area (Å²) >= 11 is 0. The number of furan rings is 1. The van der Waals surface area contributed by atoms with E-state index in [0.29, 0.717) is 17.6 Å². The van der Waals surface area contributed by atoms with Crippen molar-refractivity contribution in [3.63, 3.8) is 0 Å². The molecule has 0 bridgehead atoms. The third-order valence-electron chi connectivity index (χ3n) is 10.4. The molecule has 0 unspecified atom stereocenters. The number of fused-ring (bicyclic) bond motifs is 6. The molecule has 0 saturated carbocycles. The lowest BCUT2D eigenvalue weighted by Gasteiger charge is -2.14. The van der Waals surface area contributed by atoms with Crippen LogP contribution in [0.2, 0.25) is 0 Å². The Bertz CT molecular complexity index is 2990. The lowest BCUT2D eigenvalue weighted by atomic mass is 9.99. The molecule has 258 valence electrons. The van der Waals surface area contributed by atoms with Crippen molar-refractivity contribution in [2.24, 2.45) is 0 Å². The first-order chi connectivity index (χ1) is 26.4. The number of rotatable bonds is 5. The van der Waals surface area contributed by atoms with E-state index < -0.39 is 0 Å². The van der Waals surface area contributed by atoms with Crippen molar-refractivity contribution in [2.75, 3.05) is 0 Å². The van der Waals surface area contributed by atoms with Gasteiger partial charge in [0.25, 0.3) is 0 Å². The summed E-state index contributed by atoms with van der Waals surface area (Å²) < 4.78 is 8.80. The molecule has 7 aromatic carbocycles. The van der Waals surface area contributed by atoms with Gasteiger partial charge in [0.2, 0.25) is 5.95 Å². The monoisotopic (exact) mass is 696 g/mol. The van der Waals surface area contributed by atoms with Gasteiger partial charge in [-0.2, -0.15) is 9.97 Å². The largest absolute Gasteiger partial charge is 0.455 e. The van der Waals surface area contributed by atoms with E-state index in [1.165, 1.54) is 0 Å². The summed E-state index contributed by atoms with van der Waals surface area (Å²) in [6.45, 7) is 8.47. The average molecular weight is 697 g/mol. The maximum absolute atomic E-state index is 6.57. The number of nitrogens with zero attached hydrogens (tertiary/aromatic N) is 4. The smallest absolute Gasteiger partial charge is 0.238 e. The SMILES string of the molecule is Cc1cc(C)cc(-c2nc(-c3cc(C)cc(C)c3)nc(-n3c4ccccc4c4cccc(-c5ccc6oc7c(-c8ccccc8)cccc7c6c5)c43)n2)c1. The molecule has 10 rings (SSSR count). The second-order valence-corrected chi connectivity index (χ2v) is 14.5. The highest BCUT2D eigenvalue weighted by Crippen LogP contribution is 2.41. The fourth-order valence-electron chi connectivity index (χ4n) is 8.20. The van der Waals surface area contributed by atoms with Crippen LogP contribution in [0.15, 0.2) is 150 Å². The summed E-state index contributed by atoms with van der Waals surface area (Å²) in [5.41, 5.74) is 14.8. The van der Waals surface area contributed by atoms with Gasteiger partial charge >= 0.3 is 0 Å². The molecular weight excluding hydrogens is 661 g/mol. The molecule has 0 aliphatic rings. The number of para-hydroxylation sites is 3. The summed E-state index contributed by atoms with van der Waals surface area (Å²) in [7, 11) is 0. The number of aromatic nitrogens is 4. The van der Waals surface area contributed by atoms with Crippen molar-refractivity contribution in [3.05, 3.63) is 168 Å². The van der Waals surface area contributed by atoms with Gasteiger partial charge in [-0.15, -0.1) is 0 Å². The van der Waals surface area contributed by atoms with Gasteiger partial charge in [0, 0.05) is 43.8 Å². The highest BCUT2D eigenvalue weighted by Gasteiger charge is 2.22. The zero-order valence-electron chi connectivity index (χ0n) is 30.6. The molecule has 0 spiro atoms. The normalized spacial score (nSPS) is 11.7. The molecule has 0 aliphatic carbocycles. The van der Waals surface area contributed by atoms with Crippen molar-refractivity contribution in [3.8, 4) is 51.0 Å². The summed E-state index contributed by atoms with van der Waals surface area (Å²) in [5, 5.41) is 4.44. The number of hydrogen-bond acceptors (Lipinski definition) is 4. The Morgan fingerprint density at radius 1 is 0.426 bits per heavy atom. The first-order valence-corrected chi connectivity index (χ1v) is 18.3. The Morgan fingerprint density at radius 3 is 1.70 bits per heavy atom. The van der Waals surface area contributed by atoms with Crippen molar-refractivity contribution in [1.82, 2.24) is 19.5 Å². The first-order valence-electron chi connectivity index (χ1n) is 18.3. The van der Waals surface area contributed by atoms with E-state index in [0.717, 1.165) is 99.4 Å². The fourth-order valence-corrected chi connectivity index (χ4v) is 8.20. The fraction of sp³-hybridized carbons (Fsp3) is 0.0816. The molecule has 0 N–H and O–H groups in total. The molecule has 0 amide bonds. The van der Waals surface area contributed by atoms with Crippen LogP contribution in [-0.4, -0.2) is 19.5 Å². The standard InChI is InChI=1S/C49H36N4O/c1-29-22-30(2)25-35(24-29)47-50-48(36-26-31(3)23-32(4)27-36)52-49(51-47)53-43-19-9-8-14-39(43)40-17-10-15-37(45(40)53)34-20-21-44-42(28-34)41-18-11-16-38(46(41)54-44)33-12-6-5-7-13-33/h5-28H,1-4H3. The molecule has 0 radical (unpaired) electrons. The van der Waals surface area contributed by atoms with E-state index >= 15 is 0 Å². The van der Waals surface area contributed by atoms with E-state index in [1.807, 2.05) is 6.07 Å². The minimum absolute atomic E-state index is 0.578. The predicted octanol–water partition coefficient (Wildman–Crippen LogP) is 12.8. The predicted molar refractivity (Wildman–Crippen MR) is 222 cm³/mol. The molecule has 0 saturated heterocycles. The zero-order valence-corrected chi connectivity index (χ0v) is 30.6. The molecule has 0 aliphatic heterocycles. The summed E-state index contributed by atoms with van der Waals surface area (Å²) in [5.74, 6) is 1.86. The van der Waals surface area contributed by atoms with Gasteiger partial charge in [-0.25, -0.2) is 4.98 Å². The highest BCUT2D eigenvalue weighted by atomic mass is 16.3. The van der Waals surface area contributed by atoms with Crippen LogP contribution in [0, 0.1) is 27.7 Å². The van der Waals surface area contributed by atoms with Crippen LogP contribution in [0.1, 0.15) is 22.3 Å². The second-order valence-electron chi connectivity index (χ2n) is 14.5. The van der Waals surface area contributed by atoms with Gasteiger partial charge < -0.3 is 4.42 Å². The van der Waals surface area contributed by atoms with Gasteiger partial charge in [0.15, 0.2) is 11.6 Å². The van der Waals surface area contributed by atoms with Gasteiger partial charge in [-0.3, -0.25) is 4.57 Å². The van der Waals surface area contributed by atoms with Crippen molar-refractivity contribution < 1.29 is 4.42 Å². The Kier molecular flexibility index (Phi) is 7.31. The summed E-state index contributed by atoms with van der Waals surface area (Å²) in [6, 6.07) is 51.4.